The summed E-state index contributed by atoms with van der Waals surface area (Å²) in [5, 5.41) is 9.46. The van der Waals surface area contributed by atoms with Crippen LogP contribution in [0, 0.1) is 5.92 Å². The van der Waals surface area contributed by atoms with E-state index in [2.05, 4.69) is 0 Å². The Labute approximate surface area is 159 Å². The van der Waals surface area contributed by atoms with Gasteiger partial charge in [0.1, 0.15) is 5.60 Å². The molecule has 0 spiro atoms. The summed E-state index contributed by atoms with van der Waals surface area (Å²) in [5.74, 6) is -1.93. The Morgan fingerprint density at radius 1 is 1.04 bits per heavy atom. The molecule has 1 unspecified atom stereocenters. The maximum atomic E-state index is 12.5. The Bertz CT molecular complexity index is 661. The van der Waals surface area contributed by atoms with Crippen molar-refractivity contribution >= 4 is 18.0 Å². The SMILES string of the molecule is CC(C)(C)OC(=O)N1CCN(C(=O)CC(Cc2ccccc2)C(=O)O)CC1. The maximum absolute atomic E-state index is 12.5. The molecule has 1 aliphatic rings. The van der Waals surface area contributed by atoms with Gasteiger partial charge in [0.05, 0.1) is 5.92 Å². The smallest absolute Gasteiger partial charge is 0.410 e. The third kappa shape index (κ3) is 6.58. The van der Waals surface area contributed by atoms with Gasteiger partial charge in [-0.2, -0.15) is 0 Å². The van der Waals surface area contributed by atoms with Gasteiger partial charge in [0.15, 0.2) is 0 Å². The summed E-state index contributed by atoms with van der Waals surface area (Å²) in [6, 6.07) is 9.30. The predicted octanol–water partition coefficient (Wildman–Crippen LogP) is 2.40. The number of aliphatic carboxylic acids is 1. The fourth-order valence-electron chi connectivity index (χ4n) is 2.95. The van der Waals surface area contributed by atoms with E-state index >= 15 is 0 Å². The number of ether oxygens (including phenoxy) is 1. The van der Waals surface area contributed by atoms with Crippen LogP contribution in [-0.2, 0) is 20.7 Å². The Kier molecular flexibility index (Phi) is 6.82. The van der Waals surface area contributed by atoms with Crippen LogP contribution < -0.4 is 0 Å². The lowest BCUT2D eigenvalue weighted by molar-refractivity contribution is -0.146. The van der Waals surface area contributed by atoms with Gasteiger partial charge in [-0.1, -0.05) is 30.3 Å². The molecule has 0 saturated carbocycles. The van der Waals surface area contributed by atoms with Crippen molar-refractivity contribution in [3.63, 3.8) is 0 Å². The lowest BCUT2D eigenvalue weighted by atomic mass is 9.95. The van der Waals surface area contributed by atoms with Crippen LogP contribution in [0.4, 0.5) is 4.79 Å². The normalized spacial score (nSPS) is 16.0. The molecule has 27 heavy (non-hydrogen) atoms. The molecular weight excluding hydrogens is 348 g/mol. The lowest BCUT2D eigenvalue weighted by Crippen LogP contribution is -2.52. The summed E-state index contributed by atoms with van der Waals surface area (Å²) in [6.07, 6.45) is -0.113. The van der Waals surface area contributed by atoms with Crippen molar-refractivity contribution in [1.29, 1.82) is 0 Å². The summed E-state index contributed by atoms with van der Waals surface area (Å²) >= 11 is 0. The molecule has 7 nitrogen and oxygen atoms in total. The number of rotatable bonds is 5. The first-order valence-electron chi connectivity index (χ1n) is 9.18. The topological polar surface area (TPSA) is 87.2 Å². The van der Waals surface area contributed by atoms with E-state index in [-0.39, 0.29) is 18.4 Å². The molecule has 7 heteroatoms. The molecule has 1 heterocycles. The van der Waals surface area contributed by atoms with Crippen LogP contribution >= 0.6 is 0 Å². The average Bonchev–Trinajstić information content (AvgIpc) is 2.60. The van der Waals surface area contributed by atoms with Gasteiger partial charge in [0.2, 0.25) is 5.91 Å². The van der Waals surface area contributed by atoms with Crippen LogP contribution in [-0.4, -0.2) is 64.7 Å². The van der Waals surface area contributed by atoms with Crippen molar-refractivity contribution in [1.82, 2.24) is 9.80 Å². The molecule has 1 fully saturated rings. The molecule has 148 valence electrons. The summed E-state index contributed by atoms with van der Waals surface area (Å²) < 4.78 is 5.34. The second kappa shape index (κ2) is 8.88. The van der Waals surface area contributed by atoms with E-state index in [1.165, 1.54) is 0 Å². The van der Waals surface area contributed by atoms with Crippen LogP contribution in [0.3, 0.4) is 0 Å². The van der Waals surface area contributed by atoms with Gasteiger partial charge in [-0.3, -0.25) is 9.59 Å². The monoisotopic (exact) mass is 376 g/mol. The van der Waals surface area contributed by atoms with Gasteiger partial charge in [0.25, 0.3) is 0 Å². The summed E-state index contributed by atoms with van der Waals surface area (Å²) in [4.78, 5) is 39.4. The summed E-state index contributed by atoms with van der Waals surface area (Å²) in [7, 11) is 0. The lowest BCUT2D eigenvalue weighted by Gasteiger charge is -2.36. The quantitative estimate of drug-likeness (QED) is 0.853. The van der Waals surface area contributed by atoms with Crippen molar-refractivity contribution in [2.45, 2.75) is 39.2 Å². The number of nitrogens with zero attached hydrogens (tertiary/aromatic N) is 2. The number of piperazine rings is 1. The van der Waals surface area contributed by atoms with Gasteiger partial charge >= 0.3 is 12.1 Å². The van der Waals surface area contributed by atoms with E-state index in [1.54, 1.807) is 9.80 Å². The molecule has 0 bridgehead atoms. The molecule has 1 saturated heterocycles. The fourth-order valence-corrected chi connectivity index (χ4v) is 2.95. The fraction of sp³-hybridized carbons (Fsp3) is 0.550. The number of carboxylic acids is 1. The maximum Gasteiger partial charge on any atom is 0.410 e. The molecule has 1 atom stereocenters. The van der Waals surface area contributed by atoms with E-state index in [9.17, 15) is 19.5 Å². The molecule has 0 aliphatic carbocycles. The zero-order valence-corrected chi connectivity index (χ0v) is 16.2. The minimum Gasteiger partial charge on any atom is -0.481 e. The Hall–Kier alpha value is -2.57. The number of carbonyl (C=O) groups excluding carboxylic acids is 2. The second-order valence-electron chi connectivity index (χ2n) is 7.78. The predicted molar refractivity (Wildman–Crippen MR) is 100 cm³/mol. The second-order valence-corrected chi connectivity index (χ2v) is 7.78. The molecule has 1 aromatic rings. The molecule has 0 aromatic heterocycles. The first-order chi connectivity index (χ1) is 12.7. The Morgan fingerprint density at radius 3 is 2.11 bits per heavy atom. The number of carbonyl (C=O) groups is 3. The van der Waals surface area contributed by atoms with Gasteiger partial charge in [-0.15, -0.1) is 0 Å². The Morgan fingerprint density at radius 2 is 1.59 bits per heavy atom. The van der Waals surface area contributed by atoms with Crippen molar-refractivity contribution in [2.75, 3.05) is 26.2 Å². The first kappa shape index (κ1) is 20.7. The van der Waals surface area contributed by atoms with Gasteiger partial charge in [0, 0.05) is 32.6 Å². The van der Waals surface area contributed by atoms with E-state index in [1.807, 2.05) is 51.1 Å². The van der Waals surface area contributed by atoms with Crippen LogP contribution in [0.5, 0.6) is 0 Å². The van der Waals surface area contributed by atoms with Crippen molar-refractivity contribution in [3.8, 4) is 0 Å². The van der Waals surface area contributed by atoms with Crippen LogP contribution in [0.1, 0.15) is 32.8 Å². The summed E-state index contributed by atoms with van der Waals surface area (Å²) in [5.41, 5.74) is 0.336. The van der Waals surface area contributed by atoms with E-state index in [0.717, 1.165) is 5.56 Å². The highest BCUT2D eigenvalue weighted by Crippen LogP contribution is 2.16. The summed E-state index contributed by atoms with van der Waals surface area (Å²) in [6.45, 7) is 6.97. The third-order valence-electron chi connectivity index (χ3n) is 4.38. The van der Waals surface area contributed by atoms with Gasteiger partial charge < -0.3 is 19.6 Å². The molecule has 2 amide bonds. The molecule has 1 aliphatic heterocycles. The van der Waals surface area contributed by atoms with Crippen LogP contribution in [0.25, 0.3) is 0 Å². The van der Waals surface area contributed by atoms with E-state index in [4.69, 9.17) is 4.74 Å². The standard InChI is InChI=1S/C20H28N2O5/c1-20(2,3)27-19(26)22-11-9-21(10-12-22)17(23)14-16(18(24)25)13-15-7-5-4-6-8-15/h4-8,16H,9-14H2,1-3H3,(H,24,25). The molecule has 2 rings (SSSR count). The van der Waals surface area contributed by atoms with Gasteiger partial charge in [-0.25, -0.2) is 4.79 Å². The number of amides is 2. The number of carboxylic acid groups (broad SMARTS) is 1. The number of hydrogen-bond donors (Lipinski definition) is 1. The number of hydrogen-bond acceptors (Lipinski definition) is 4. The van der Waals surface area contributed by atoms with Crippen molar-refractivity contribution in [2.24, 2.45) is 5.92 Å². The highest BCUT2D eigenvalue weighted by atomic mass is 16.6. The first-order valence-corrected chi connectivity index (χ1v) is 9.18. The molecule has 1 aromatic carbocycles. The minimum atomic E-state index is -0.973. The molecular formula is C20H28N2O5. The minimum absolute atomic E-state index is 0.0450. The van der Waals surface area contributed by atoms with Gasteiger partial charge in [-0.05, 0) is 32.8 Å². The largest absolute Gasteiger partial charge is 0.481 e. The highest BCUT2D eigenvalue weighted by Gasteiger charge is 2.30. The molecule has 0 radical (unpaired) electrons. The third-order valence-corrected chi connectivity index (χ3v) is 4.38. The molecule has 1 N–H and O–H groups in total. The highest BCUT2D eigenvalue weighted by molar-refractivity contribution is 5.82. The zero-order chi connectivity index (χ0) is 20.0. The van der Waals surface area contributed by atoms with Crippen LogP contribution in [0.2, 0.25) is 0 Å². The number of benzene rings is 1. The van der Waals surface area contributed by atoms with Crippen LogP contribution in [0.15, 0.2) is 30.3 Å². The Balaban J connectivity index is 1.87. The zero-order valence-electron chi connectivity index (χ0n) is 16.2. The average molecular weight is 376 g/mol. The van der Waals surface area contributed by atoms with Crippen molar-refractivity contribution in [3.05, 3.63) is 35.9 Å². The van der Waals surface area contributed by atoms with Crippen molar-refractivity contribution < 1.29 is 24.2 Å². The van der Waals surface area contributed by atoms with E-state index < -0.39 is 17.5 Å². The van der Waals surface area contributed by atoms with E-state index in [0.29, 0.717) is 32.6 Å².